The molecule has 1 saturated carbocycles. The third kappa shape index (κ3) is 5.35. The topological polar surface area (TPSA) is 41.1 Å². The summed E-state index contributed by atoms with van der Waals surface area (Å²) in [5, 5.41) is 7.43. The monoisotopic (exact) mass is 284 g/mol. The number of rotatable bonds is 6. The van der Waals surface area contributed by atoms with Crippen LogP contribution in [0, 0.1) is 5.92 Å². The Labute approximate surface area is 121 Å². The minimum Gasteiger partial charge on any atom is -0.353 e. The average molecular weight is 284 g/mol. The SMILES string of the molecule is CCSC1CCC(NC(=O)CCC2CCCNC2)C1. The number of nitrogens with one attached hydrogen (secondary N) is 2. The maximum absolute atomic E-state index is 12.0. The summed E-state index contributed by atoms with van der Waals surface area (Å²) in [6.45, 7) is 4.47. The van der Waals surface area contributed by atoms with Crippen LogP contribution in [-0.4, -0.2) is 36.0 Å². The molecule has 2 N–H and O–H groups in total. The second-order valence-electron chi connectivity index (χ2n) is 5.91. The number of carbonyl (C=O) groups excluding carboxylic acids is 1. The molecule has 3 unspecified atom stereocenters. The van der Waals surface area contributed by atoms with E-state index in [1.807, 2.05) is 11.8 Å². The third-order valence-corrected chi connectivity index (χ3v) is 5.56. The van der Waals surface area contributed by atoms with Gasteiger partial charge < -0.3 is 10.6 Å². The molecule has 1 heterocycles. The van der Waals surface area contributed by atoms with Gasteiger partial charge in [0.15, 0.2) is 0 Å². The van der Waals surface area contributed by atoms with Crippen LogP contribution >= 0.6 is 11.8 Å². The third-order valence-electron chi connectivity index (χ3n) is 4.33. The van der Waals surface area contributed by atoms with Gasteiger partial charge in [0.05, 0.1) is 0 Å². The van der Waals surface area contributed by atoms with Crippen molar-refractivity contribution in [2.75, 3.05) is 18.8 Å². The van der Waals surface area contributed by atoms with Crippen LogP contribution in [0.2, 0.25) is 0 Å². The van der Waals surface area contributed by atoms with Crippen LogP contribution in [0.5, 0.6) is 0 Å². The highest BCUT2D eigenvalue weighted by Crippen LogP contribution is 2.29. The van der Waals surface area contributed by atoms with Crippen LogP contribution in [-0.2, 0) is 4.79 Å². The van der Waals surface area contributed by atoms with Gasteiger partial charge in [-0.25, -0.2) is 0 Å². The van der Waals surface area contributed by atoms with E-state index in [2.05, 4.69) is 17.6 Å². The lowest BCUT2D eigenvalue weighted by molar-refractivity contribution is -0.122. The minimum absolute atomic E-state index is 0.276. The van der Waals surface area contributed by atoms with Crippen molar-refractivity contribution in [3.8, 4) is 0 Å². The van der Waals surface area contributed by atoms with Crippen molar-refractivity contribution in [1.82, 2.24) is 10.6 Å². The molecule has 0 aromatic carbocycles. The molecular formula is C15H28N2OS. The Balaban J connectivity index is 1.59. The fraction of sp³-hybridized carbons (Fsp3) is 0.933. The molecule has 110 valence electrons. The summed E-state index contributed by atoms with van der Waals surface area (Å²) in [5.41, 5.74) is 0. The molecule has 0 aromatic rings. The smallest absolute Gasteiger partial charge is 0.220 e. The molecule has 4 heteroatoms. The van der Waals surface area contributed by atoms with E-state index in [1.165, 1.54) is 37.9 Å². The number of hydrogen-bond donors (Lipinski definition) is 2. The van der Waals surface area contributed by atoms with E-state index < -0.39 is 0 Å². The van der Waals surface area contributed by atoms with Crippen molar-refractivity contribution in [1.29, 1.82) is 0 Å². The molecule has 2 rings (SSSR count). The molecule has 2 fully saturated rings. The molecule has 3 atom stereocenters. The first-order valence-corrected chi connectivity index (χ1v) is 8.94. The number of amides is 1. The highest BCUT2D eigenvalue weighted by Gasteiger charge is 2.25. The molecule has 1 amide bonds. The predicted octanol–water partition coefficient (Wildman–Crippen LogP) is 2.56. The molecule has 3 nitrogen and oxygen atoms in total. The van der Waals surface area contributed by atoms with E-state index in [4.69, 9.17) is 0 Å². The predicted molar refractivity (Wildman–Crippen MR) is 82.5 cm³/mol. The highest BCUT2D eigenvalue weighted by atomic mass is 32.2. The van der Waals surface area contributed by atoms with Gasteiger partial charge in [0.1, 0.15) is 0 Å². The lowest BCUT2D eigenvalue weighted by atomic mass is 9.94. The maximum atomic E-state index is 12.0. The highest BCUT2D eigenvalue weighted by molar-refractivity contribution is 7.99. The molecule has 0 bridgehead atoms. The Bertz CT molecular complexity index is 279. The van der Waals surface area contributed by atoms with Crippen LogP contribution in [0.1, 0.15) is 51.9 Å². The number of thioether (sulfide) groups is 1. The number of carbonyl (C=O) groups is 1. The first-order valence-electron chi connectivity index (χ1n) is 7.89. The van der Waals surface area contributed by atoms with Gasteiger partial charge in [-0.1, -0.05) is 6.92 Å². The van der Waals surface area contributed by atoms with Crippen LogP contribution < -0.4 is 10.6 Å². The Morgan fingerprint density at radius 3 is 3.00 bits per heavy atom. The van der Waals surface area contributed by atoms with Crippen LogP contribution in [0.25, 0.3) is 0 Å². The zero-order valence-electron chi connectivity index (χ0n) is 12.1. The van der Waals surface area contributed by atoms with Gasteiger partial charge in [-0.15, -0.1) is 0 Å². The van der Waals surface area contributed by atoms with Crippen LogP contribution in [0.15, 0.2) is 0 Å². The van der Waals surface area contributed by atoms with Gasteiger partial charge >= 0.3 is 0 Å². The van der Waals surface area contributed by atoms with Crippen molar-refractivity contribution < 1.29 is 4.79 Å². The molecule has 1 aliphatic carbocycles. The zero-order valence-corrected chi connectivity index (χ0v) is 12.9. The van der Waals surface area contributed by atoms with Gasteiger partial charge in [0.2, 0.25) is 5.91 Å². The Morgan fingerprint density at radius 2 is 2.26 bits per heavy atom. The van der Waals surface area contributed by atoms with Crippen molar-refractivity contribution in [3.05, 3.63) is 0 Å². The van der Waals surface area contributed by atoms with E-state index in [0.717, 1.165) is 24.8 Å². The summed E-state index contributed by atoms with van der Waals surface area (Å²) in [4.78, 5) is 12.0. The summed E-state index contributed by atoms with van der Waals surface area (Å²) in [6.07, 6.45) is 7.95. The summed E-state index contributed by atoms with van der Waals surface area (Å²) < 4.78 is 0. The van der Waals surface area contributed by atoms with Crippen molar-refractivity contribution in [2.24, 2.45) is 5.92 Å². The van der Waals surface area contributed by atoms with Crippen LogP contribution in [0.3, 0.4) is 0 Å². The zero-order chi connectivity index (χ0) is 13.5. The Morgan fingerprint density at radius 1 is 1.37 bits per heavy atom. The van der Waals surface area contributed by atoms with E-state index in [-0.39, 0.29) is 5.91 Å². The summed E-state index contributed by atoms with van der Waals surface area (Å²) in [7, 11) is 0. The molecule has 0 radical (unpaired) electrons. The second-order valence-corrected chi connectivity index (χ2v) is 7.48. The van der Waals surface area contributed by atoms with E-state index in [9.17, 15) is 4.79 Å². The number of hydrogen-bond acceptors (Lipinski definition) is 3. The van der Waals surface area contributed by atoms with Crippen molar-refractivity contribution >= 4 is 17.7 Å². The van der Waals surface area contributed by atoms with Crippen molar-refractivity contribution in [3.63, 3.8) is 0 Å². The first kappa shape index (κ1) is 15.2. The summed E-state index contributed by atoms with van der Waals surface area (Å²) in [5.74, 6) is 2.18. The van der Waals surface area contributed by atoms with Gasteiger partial charge in [-0.2, -0.15) is 11.8 Å². The molecule has 19 heavy (non-hydrogen) atoms. The first-order chi connectivity index (χ1) is 9.28. The molecule has 1 aliphatic heterocycles. The second kappa shape index (κ2) is 8.15. The van der Waals surface area contributed by atoms with Crippen LogP contribution in [0.4, 0.5) is 0 Å². The Hall–Kier alpha value is -0.220. The van der Waals surface area contributed by atoms with Gasteiger partial charge in [-0.05, 0) is 63.3 Å². The fourth-order valence-electron chi connectivity index (χ4n) is 3.26. The Kier molecular flexibility index (Phi) is 6.51. The van der Waals surface area contributed by atoms with E-state index in [0.29, 0.717) is 18.4 Å². The standard InChI is InChI=1S/C15H28N2OS/c1-2-19-14-7-6-13(10-14)17-15(18)8-5-12-4-3-9-16-11-12/h12-14,16H,2-11H2,1H3,(H,17,18). The largest absolute Gasteiger partial charge is 0.353 e. The van der Waals surface area contributed by atoms with Gasteiger partial charge in [0.25, 0.3) is 0 Å². The lowest BCUT2D eigenvalue weighted by Crippen LogP contribution is -2.34. The molecular weight excluding hydrogens is 256 g/mol. The fourth-order valence-corrected chi connectivity index (χ4v) is 4.41. The summed E-state index contributed by atoms with van der Waals surface area (Å²) >= 11 is 2.05. The van der Waals surface area contributed by atoms with Gasteiger partial charge in [-0.3, -0.25) is 4.79 Å². The molecule has 2 aliphatic rings. The maximum Gasteiger partial charge on any atom is 0.220 e. The van der Waals surface area contributed by atoms with Gasteiger partial charge in [0, 0.05) is 17.7 Å². The molecule has 0 aromatic heterocycles. The van der Waals surface area contributed by atoms with Crippen molar-refractivity contribution in [2.45, 2.75) is 63.2 Å². The van der Waals surface area contributed by atoms with E-state index >= 15 is 0 Å². The van der Waals surface area contributed by atoms with E-state index in [1.54, 1.807) is 0 Å². The average Bonchev–Trinajstić information content (AvgIpc) is 2.85. The normalized spacial score (nSPS) is 31.3. The molecule has 1 saturated heterocycles. The summed E-state index contributed by atoms with van der Waals surface area (Å²) in [6, 6.07) is 0.445. The minimum atomic E-state index is 0.276. The molecule has 0 spiro atoms. The lowest BCUT2D eigenvalue weighted by Gasteiger charge is -2.22. The number of piperidine rings is 1. The quantitative estimate of drug-likeness (QED) is 0.787.